The summed E-state index contributed by atoms with van der Waals surface area (Å²) in [6.07, 6.45) is 3.80. The highest BCUT2D eigenvalue weighted by Crippen LogP contribution is 2.46. The molecular weight excluding hydrogens is 383 g/mol. The lowest BCUT2D eigenvalue weighted by atomic mass is 9.83. The molecule has 0 radical (unpaired) electrons. The molecule has 1 atom stereocenters. The van der Waals surface area contributed by atoms with Crippen LogP contribution in [0.15, 0.2) is 52.9 Å². The van der Waals surface area contributed by atoms with E-state index in [1.54, 1.807) is 12.1 Å². The predicted octanol–water partition coefficient (Wildman–Crippen LogP) is 4.12. The van der Waals surface area contributed by atoms with Gasteiger partial charge in [-0.15, -0.1) is 0 Å². The van der Waals surface area contributed by atoms with Crippen molar-refractivity contribution < 1.29 is 13.9 Å². The quantitative estimate of drug-likeness (QED) is 0.810. The molecule has 1 aromatic carbocycles. The lowest BCUT2D eigenvalue weighted by Gasteiger charge is -2.32. The van der Waals surface area contributed by atoms with E-state index in [1.807, 2.05) is 6.92 Å². The van der Waals surface area contributed by atoms with Gasteiger partial charge in [0.25, 0.3) is 11.9 Å². The highest BCUT2D eigenvalue weighted by atomic mass is 35.5. The average Bonchev–Trinajstić information content (AvgIpc) is 3.13. The van der Waals surface area contributed by atoms with Crippen molar-refractivity contribution in [3.05, 3.63) is 70.0 Å². The minimum Gasteiger partial charge on any atom is -0.431 e. The number of aromatic nitrogens is 1. The normalized spacial score (nSPS) is 21.0. The van der Waals surface area contributed by atoms with Gasteiger partial charge in [-0.2, -0.15) is 0 Å². The first-order valence-electron chi connectivity index (χ1n) is 8.85. The number of hydrogen-bond acceptors (Lipinski definition) is 5. The van der Waals surface area contributed by atoms with E-state index in [4.69, 9.17) is 22.1 Å². The van der Waals surface area contributed by atoms with E-state index in [-0.39, 0.29) is 11.7 Å². The van der Waals surface area contributed by atoms with Crippen molar-refractivity contribution >= 4 is 29.2 Å². The number of amidine groups is 1. The molecule has 3 N–H and O–H groups in total. The van der Waals surface area contributed by atoms with E-state index in [2.05, 4.69) is 15.3 Å². The molecule has 0 saturated carbocycles. The predicted molar refractivity (Wildman–Crippen MR) is 105 cm³/mol. The fraction of sp³-hybridized carbons (Fsp3) is 0.250. The van der Waals surface area contributed by atoms with Crippen LogP contribution in [0.2, 0.25) is 5.02 Å². The molecule has 2 heterocycles. The summed E-state index contributed by atoms with van der Waals surface area (Å²) in [5.41, 5.74) is 6.75. The number of nitrogens with two attached hydrogens (primary N) is 1. The van der Waals surface area contributed by atoms with Crippen molar-refractivity contribution in [1.82, 2.24) is 4.98 Å². The van der Waals surface area contributed by atoms with Gasteiger partial charge in [0.2, 0.25) is 0 Å². The fourth-order valence-corrected chi connectivity index (χ4v) is 3.80. The van der Waals surface area contributed by atoms with E-state index in [1.165, 1.54) is 24.4 Å². The van der Waals surface area contributed by atoms with Crippen LogP contribution < -0.4 is 11.1 Å². The number of nitrogens with zero attached hydrogens (tertiary/aromatic N) is 2. The maximum Gasteiger partial charge on any atom is 0.288 e. The van der Waals surface area contributed by atoms with Crippen LogP contribution in [0.25, 0.3) is 0 Å². The SMILES string of the molecule is C[C@]1(c2cc(NC(=O)c3ccc(Cl)cn3)ccc2F)N=C(N)OC2=C1CCC2. The second-order valence-corrected chi connectivity index (χ2v) is 7.33. The van der Waals surface area contributed by atoms with Gasteiger partial charge in [0.05, 0.1) is 5.02 Å². The number of allylic oxidation sites excluding steroid dienone is 1. The summed E-state index contributed by atoms with van der Waals surface area (Å²) >= 11 is 5.80. The number of halogens is 2. The molecule has 28 heavy (non-hydrogen) atoms. The van der Waals surface area contributed by atoms with Gasteiger partial charge in [-0.05, 0) is 50.1 Å². The van der Waals surface area contributed by atoms with E-state index in [9.17, 15) is 9.18 Å². The van der Waals surface area contributed by atoms with Crippen LogP contribution in [0.4, 0.5) is 10.1 Å². The molecular formula is C20H18ClFN4O2. The zero-order valence-electron chi connectivity index (χ0n) is 15.1. The Balaban J connectivity index is 1.68. The topological polar surface area (TPSA) is 89.6 Å². The number of hydrogen-bond donors (Lipinski definition) is 2. The van der Waals surface area contributed by atoms with Crippen molar-refractivity contribution in [2.75, 3.05) is 5.32 Å². The third kappa shape index (κ3) is 3.22. The molecule has 0 bridgehead atoms. The van der Waals surface area contributed by atoms with Gasteiger partial charge in [0.15, 0.2) is 0 Å². The first kappa shape index (κ1) is 18.4. The van der Waals surface area contributed by atoms with E-state index in [0.717, 1.165) is 30.6 Å². The maximum absolute atomic E-state index is 14.8. The number of carbonyl (C=O) groups is 1. The third-order valence-electron chi connectivity index (χ3n) is 5.03. The maximum atomic E-state index is 14.8. The van der Waals surface area contributed by atoms with Gasteiger partial charge in [-0.25, -0.2) is 14.4 Å². The smallest absolute Gasteiger partial charge is 0.288 e. The van der Waals surface area contributed by atoms with Gasteiger partial charge >= 0.3 is 0 Å². The fourth-order valence-electron chi connectivity index (χ4n) is 3.68. The molecule has 0 saturated heterocycles. The van der Waals surface area contributed by atoms with Gasteiger partial charge < -0.3 is 15.8 Å². The molecule has 6 nitrogen and oxygen atoms in total. The Hall–Kier alpha value is -2.93. The Kier molecular flexibility index (Phi) is 4.55. The molecule has 2 aliphatic rings. The van der Waals surface area contributed by atoms with Crippen LogP contribution in [0.3, 0.4) is 0 Å². The third-order valence-corrected chi connectivity index (χ3v) is 5.25. The molecule has 0 unspecified atom stereocenters. The highest BCUT2D eigenvalue weighted by Gasteiger charge is 2.41. The molecule has 1 amide bonds. The Bertz CT molecular complexity index is 1020. The molecule has 1 aliphatic carbocycles. The minimum atomic E-state index is -0.975. The van der Waals surface area contributed by atoms with Crippen molar-refractivity contribution in [2.24, 2.45) is 10.7 Å². The summed E-state index contributed by atoms with van der Waals surface area (Å²) < 4.78 is 20.3. The Morgan fingerprint density at radius 3 is 2.89 bits per heavy atom. The average molecular weight is 401 g/mol. The Morgan fingerprint density at radius 2 is 2.14 bits per heavy atom. The summed E-state index contributed by atoms with van der Waals surface area (Å²) in [7, 11) is 0. The van der Waals surface area contributed by atoms with Gasteiger partial charge in [0.1, 0.15) is 22.8 Å². The van der Waals surface area contributed by atoms with Crippen molar-refractivity contribution in [1.29, 1.82) is 0 Å². The molecule has 0 spiro atoms. The molecule has 8 heteroatoms. The highest BCUT2D eigenvalue weighted by molar-refractivity contribution is 6.30. The van der Waals surface area contributed by atoms with Gasteiger partial charge in [0, 0.05) is 29.4 Å². The first-order chi connectivity index (χ1) is 13.4. The summed E-state index contributed by atoms with van der Waals surface area (Å²) in [5, 5.41) is 3.17. The molecule has 0 fully saturated rings. The lowest BCUT2D eigenvalue weighted by Crippen LogP contribution is -2.33. The minimum absolute atomic E-state index is 0.0161. The van der Waals surface area contributed by atoms with E-state index < -0.39 is 17.3 Å². The Labute approximate surface area is 166 Å². The summed E-state index contributed by atoms with van der Waals surface area (Å²) in [5.74, 6) is -0.0911. The molecule has 2 aromatic rings. The summed E-state index contributed by atoms with van der Waals surface area (Å²) in [6.45, 7) is 1.81. The van der Waals surface area contributed by atoms with Crippen LogP contribution in [0.1, 0.15) is 42.2 Å². The zero-order chi connectivity index (χ0) is 19.9. The van der Waals surface area contributed by atoms with Crippen LogP contribution in [-0.2, 0) is 10.3 Å². The summed E-state index contributed by atoms with van der Waals surface area (Å²) in [6, 6.07) is 7.49. The number of amides is 1. The first-order valence-corrected chi connectivity index (χ1v) is 9.23. The number of carbonyl (C=O) groups excluding carboxylic acids is 1. The number of aliphatic imine (C=N–C) groups is 1. The Morgan fingerprint density at radius 1 is 1.32 bits per heavy atom. The van der Waals surface area contributed by atoms with Gasteiger partial charge in [-0.3, -0.25) is 4.79 Å². The molecule has 1 aromatic heterocycles. The van der Waals surface area contributed by atoms with Crippen molar-refractivity contribution in [3.8, 4) is 0 Å². The second kappa shape index (κ2) is 6.91. The lowest BCUT2D eigenvalue weighted by molar-refractivity contribution is 0.102. The van der Waals surface area contributed by atoms with E-state index >= 15 is 0 Å². The van der Waals surface area contributed by atoms with Crippen LogP contribution in [0, 0.1) is 5.82 Å². The van der Waals surface area contributed by atoms with E-state index in [0.29, 0.717) is 16.3 Å². The molecule has 4 rings (SSSR count). The number of anilines is 1. The number of nitrogens with one attached hydrogen (secondary N) is 1. The van der Waals surface area contributed by atoms with Crippen molar-refractivity contribution in [3.63, 3.8) is 0 Å². The second-order valence-electron chi connectivity index (χ2n) is 6.89. The largest absolute Gasteiger partial charge is 0.431 e. The number of ether oxygens (including phenoxy) is 1. The van der Waals surface area contributed by atoms with Crippen LogP contribution in [-0.4, -0.2) is 16.9 Å². The molecule has 1 aliphatic heterocycles. The monoisotopic (exact) mass is 400 g/mol. The summed E-state index contributed by atoms with van der Waals surface area (Å²) in [4.78, 5) is 20.8. The van der Waals surface area contributed by atoms with Crippen LogP contribution >= 0.6 is 11.6 Å². The standard InChI is InChI=1S/C20H18ClFN4O2/c1-20(13-3-2-4-17(13)28-19(23)26-20)14-9-12(6-7-15(14)22)25-18(27)16-8-5-11(21)10-24-16/h5-10H,2-4H2,1H3,(H2,23,26)(H,25,27)/t20-/m0/s1. The van der Waals surface area contributed by atoms with Gasteiger partial charge in [-0.1, -0.05) is 11.6 Å². The number of benzene rings is 1. The van der Waals surface area contributed by atoms with Crippen LogP contribution in [0.5, 0.6) is 0 Å². The number of rotatable bonds is 3. The number of pyridine rings is 1. The molecule has 144 valence electrons. The van der Waals surface area contributed by atoms with Crippen molar-refractivity contribution in [2.45, 2.75) is 31.7 Å². The zero-order valence-corrected chi connectivity index (χ0v) is 15.9.